The molecular weight excluding hydrogens is 300 g/mol. The van der Waals surface area contributed by atoms with Gasteiger partial charge < -0.3 is 11.1 Å². The molecule has 1 atom stereocenters. The number of nitrogens with one attached hydrogen (secondary N) is 1. The van der Waals surface area contributed by atoms with E-state index in [0.717, 1.165) is 15.8 Å². The van der Waals surface area contributed by atoms with Crippen LogP contribution in [0.5, 0.6) is 0 Å². The minimum Gasteiger partial charge on any atom is -0.351 e. The second kappa shape index (κ2) is 7.74. The van der Waals surface area contributed by atoms with Crippen molar-refractivity contribution in [2.45, 2.75) is 19.0 Å². The number of amides is 1. The summed E-state index contributed by atoms with van der Waals surface area (Å²) in [4.78, 5) is 11.7. The van der Waals surface area contributed by atoms with Crippen molar-refractivity contribution < 1.29 is 4.79 Å². The minimum absolute atomic E-state index is 0.0842. The van der Waals surface area contributed by atoms with Gasteiger partial charge in [-0.2, -0.15) is 11.8 Å². The molecule has 3 N–H and O–H groups in total. The van der Waals surface area contributed by atoms with E-state index in [-0.39, 0.29) is 5.91 Å². The van der Waals surface area contributed by atoms with Gasteiger partial charge in [-0.15, -0.1) is 0 Å². The standard InChI is InChI=1S/C12H17BrN2OS/c1-17-6-5-11(14)12(16)15-8-9-3-2-4-10(13)7-9/h2-4,7,11H,5-6,8,14H2,1H3,(H,15,16)/t11-/m1/s1. The van der Waals surface area contributed by atoms with Crippen LogP contribution in [0, 0.1) is 0 Å². The van der Waals surface area contributed by atoms with Gasteiger partial charge in [0.25, 0.3) is 0 Å². The van der Waals surface area contributed by atoms with Gasteiger partial charge in [0.05, 0.1) is 6.04 Å². The monoisotopic (exact) mass is 316 g/mol. The molecule has 5 heteroatoms. The van der Waals surface area contributed by atoms with E-state index < -0.39 is 6.04 Å². The molecule has 1 aromatic rings. The molecule has 0 bridgehead atoms. The lowest BCUT2D eigenvalue weighted by atomic mass is 10.2. The summed E-state index contributed by atoms with van der Waals surface area (Å²) in [5, 5.41) is 2.84. The molecule has 0 saturated heterocycles. The first-order valence-corrected chi connectivity index (χ1v) is 7.59. The van der Waals surface area contributed by atoms with Crippen LogP contribution in [0.4, 0.5) is 0 Å². The highest BCUT2D eigenvalue weighted by atomic mass is 79.9. The zero-order chi connectivity index (χ0) is 12.7. The Balaban J connectivity index is 2.37. The largest absolute Gasteiger partial charge is 0.351 e. The fourth-order valence-electron chi connectivity index (χ4n) is 1.34. The molecular formula is C12H17BrN2OS. The first kappa shape index (κ1) is 14.5. The Hall–Kier alpha value is -0.520. The Morgan fingerprint density at radius 1 is 1.59 bits per heavy atom. The molecule has 1 rings (SSSR count). The molecule has 0 aliphatic carbocycles. The van der Waals surface area contributed by atoms with Crippen LogP contribution in [0.3, 0.4) is 0 Å². The van der Waals surface area contributed by atoms with Crippen LogP contribution in [-0.4, -0.2) is 24.0 Å². The normalized spacial score (nSPS) is 12.2. The van der Waals surface area contributed by atoms with Gasteiger partial charge in [0.15, 0.2) is 0 Å². The fourth-order valence-corrected chi connectivity index (χ4v) is 2.28. The predicted octanol–water partition coefficient (Wildman–Crippen LogP) is 2.15. The second-order valence-corrected chi connectivity index (χ2v) is 5.64. The number of halogens is 1. The van der Waals surface area contributed by atoms with Crippen LogP contribution >= 0.6 is 27.7 Å². The van der Waals surface area contributed by atoms with E-state index in [4.69, 9.17) is 5.73 Å². The van der Waals surface area contributed by atoms with Crippen LogP contribution in [0.15, 0.2) is 28.7 Å². The lowest BCUT2D eigenvalue weighted by molar-refractivity contribution is -0.122. The Morgan fingerprint density at radius 3 is 3.00 bits per heavy atom. The maximum Gasteiger partial charge on any atom is 0.237 e. The number of nitrogens with two attached hydrogens (primary N) is 1. The number of thioether (sulfide) groups is 1. The van der Waals surface area contributed by atoms with E-state index in [9.17, 15) is 4.79 Å². The van der Waals surface area contributed by atoms with Gasteiger partial charge in [-0.25, -0.2) is 0 Å². The number of hydrogen-bond donors (Lipinski definition) is 2. The van der Waals surface area contributed by atoms with Gasteiger partial charge in [0.1, 0.15) is 0 Å². The van der Waals surface area contributed by atoms with Crippen molar-refractivity contribution in [3.63, 3.8) is 0 Å². The molecule has 0 saturated carbocycles. The highest BCUT2D eigenvalue weighted by Crippen LogP contribution is 2.11. The van der Waals surface area contributed by atoms with Gasteiger partial charge in [-0.05, 0) is 36.1 Å². The quantitative estimate of drug-likeness (QED) is 0.845. The summed E-state index contributed by atoms with van der Waals surface area (Å²) < 4.78 is 1.01. The van der Waals surface area contributed by atoms with Crippen molar-refractivity contribution in [3.8, 4) is 0 Å². The molecule has 0 spiro atoms. The van der Waals surface area contributed by atoms with Gasteiger partial charge in [0, 0.05) is 11.0 Å². The van der Waals surface area contributed by atoms with E-state index in [1.54, 1.807) is 11.8 Å². The first-order chi connectivity index (χ1) is 8.13. The van der Waals surface area contributed by atoms with Crippen LogP contribution in [-0.2, 0) is 11.3 Å². The van der Waals surface area contributed by atoms with Crippen molar-refractivity contribution >= 4 is 33.6 Å². The molecule has 3 nitrogen and oxygen atoms in total. The number of carbonyl (C=O) groups excluding carboxylic acids is 1. The minimum atomic E-state index is -0.408. The van der Waals surface area contributed by atoms with Crippen LogP contribution < -0.4 is 11.1 Å². The van der Waals surface area contributed by atoms with Gasteiger partial charge in [-0.1, -0.05) is 28.1 Å². The van der Waals surface area contributed by atoms with Crippen molar-refractivity contribution in [3.05, 3.63) is 34.3 Å². The maximum absolute atomic E-state index is 11.7. The fraction of sp³-hybridized carbons (Fsp3) is 0.417. The topological polar surface area (TPSA) is 55.1 Å². The predicted molar refractivity (Wildman–Crippen MR) is 77.0 cm³/mol. The molecule has 0 fully saturated rings. The summed E-state index contributed by atoms with van der Waals surface area (Å²) >= 11 is 5.09. The lowest BCUT2D eigenvalue weighted by Gasteiger charge is -2.11. The summed E-state index contributed by atoms with van der Waals surface area (Å²) in [6.07, 6.45) is 2.72. The molecule has 0 unspecified atom stereocenters. The van der Waals surface area contributed by atoms with E-state index in [1.807, 2.05) is 30.5 Å². The highest BCUT2D eigenvalue weighted by molar-refractivity contribution is 9.10. The van der Waals surface area contributed by atoms with Gasteiger partial charge >= 0.3 is 0 Å². The van der Waals surface area contributed by atoms with E-state index in [2.05, 4.69) is 21.2 Å². The van der Waals surface area contributed by atoms with Crippen LogP contribution in [0.1, 0.15) is 12.0 Å². The summed E-state index contributed by atoms with van der Waals surface area (Å²) in [5.41, 5.74) is 6.82. The molecule has 0 aliphatic heterocycles. The number of benzene rings is 1. The van der Waals surface area contributed by atoms with Crippen molar-refractivity contribution in [1.82, 2.24) is 5.32 Å². The SMILES string of the molecule is CSCC[C@@H](N)C(=O)NCc1cccc(Br)c1. The van der Waals surface area contributed by atoms with E-state index in [0.29, 0.717) is 13.0 Å². The van der Waals surface area contributed by atoms with Gasteiger partial charge in [0.2, 0.25) is 5.91 Å². The van der Waals surface area contributed by atoms with Gasteiger partial charge in [-0.3, -0.25) is 4.79 Å². The van der Waals surface area contributed by atoms with Crippen LogP contribution in [0.25, 0.3) is 0 Å². The lowest BCUT2D eigenvalue weighted by Crippen LogP contribution is -2.40. The zero-order valence-corrected chi connectivity index (χ0v) is 12.2. The smallest absolute Gasteiger partial charge is 0.237 e. The summed E-state index contributed by atoms with van der Waals surface area (Å²) in [7, 11) is 0. The number of hydrogen-bond acceptors (Lipinski definition) is 3. The molecule has 0 aliphatic rings. The summed E-state index contributed by atoms with van der Waals surface area (Å²) in [5.74, 6) is 0.824. The second-order valence-electron chi connectivity index (χ2n) is 3.74. The highest BCUT2D eigenvalue weighted by Gasteiger charge is 2.11. The molecule has 1 aromatic carbocycles. The molecule has 0 heterocycles. The van der Waals surface area contributed by atoms with E-state index in [1.165, 1.54) is 0 Å². The van der Waals surface area contributed by atoms with Crippen LogP contribution in [0.2, 0.25) is 0 Å². The summed E-state index contributed by atoms with van der Waals surface area (Å²) in [6, 6.07) is 7.44. The van der Waals surface area contributed by atoms with Crippen molar-refractivity contribution in [1.29, 1.82) is 0 Å². The average Bonchev–Trinajstić information content (AvgIpc) is 2.33. The Labute approximate surface area is 115 Å². The third-order valence-electron chi connectivity index (χ3n) is 2.33. The molecule has 0 radical (unpaired) electrons. The Kier molecular flexibility index (Phi) is 6.62. The zero-order valence-electron chi connectivity index (χ0n) is 9.78. The molecule has 17 heavy (non-hydrogen) atoms. The Bertz CT molecular complexity index is 373. The van der Waals surface area contributed by atoms with E-state index >= 15 is 0 Å². The van der Waals surface area contributed by atoms with Crippen molar-refractivity contribution in [2.75, 3.05) is 12.0 Å². The molecule has 0 aromatic heterocycles. The molecule has 1 amide bonds. The third kappa shape index (κ3) is 5.57. The number of rotatable bonds is 6. The average molecular weight is 317 g/mol. The molecule has 94 valence electrons. The maximum atomic E-state index is 11.7. The first-order valence-electron chi connectivity index (χ1n) is 5.40. The van der Waals surface area contributed by atoms with Crippen molar-refractivity contribution in [2.24, 2.45) is 5.73 Å². The summed E-state index contributed by atoms with van der Waals surface area (Å²) in [6.45, 7) is 0.519. The Morgan fingerprint density at radius 2 is 2.35 bits per heavy atom. The third-order valence-corrected chi connectivity index (χ3v) is 3.46. The number of carbonyl (C=O) groups is 1.